The molecule has 2 aromatic heterocycles. The number of nitrogens with one attached hydrogen (secondary N) is 1. The zero-order valence-electron chi connectivity index (χ0n) is 9.24. The minimum atomic E-state index is -0.288. The van der Waals surface area contributed by atoms with Crippen molar-refractivity contribution in [3.05, 3.63) is 44.8 Å². The van der Waals surface area contributed by atoms with E-state index < -0.39 is 0 Å². The van der Waals surface area contributed by atoms with E-state index in [0.29, 0.717) is 0 Å². The third-order valence-corrected chi connectivity index (χ3v) is 4.37. The molecule has 2 aromatic rings. The Morgan fingerprint density at radius 1 is 1.00 bits per heavy atom. The van der Waals surface area contributed by atoms with Gasteiger partial charge in [-0.15, -0.1) is 22.7 Å². The van der Waals surface area contributed by atoms with E-state index in [1.807, 2.05) is 22.9 Å². The maximum absolute atomic E-state index is 9.15. The molecule has 0 radical (unpaired) electrons. The van der Waals surface area contributed by atoms with Gasteiger partial charge in [0.15, 0.2) is 0 Å². The van der Waals surface area contributed by atoms with E-state index in [-0.39, 0.29) is 25.3 Å². The third-order valence-electron chi connectivity index (χ3n) is 2.50. The van der Waals surface area contributed by atoms with E-state index >= 15 is 0 Å². The van der Waals surface area contributed by atoms with Gasteiger partial charge in [0, 0.05) is 9.75 Å². The van der Waals surface area contributed by atoms with Crippen LogP contribution in [0.5, 0.6) is 0 Å². The lowest BCUT2D eigenvalue weighted by Crippen LogP contribution is -2.38. The molecular formula is C12H15NO2S2. The molecule has 92 valence electrons. The lowest BCUT2D eigenvalue weighted by molar-refractivity contribution is 0.166. The van der Waals surface area contributed by atoms with Crippen LogP contribution in [0.2, 0.25) is 0 Å². The van der Waals surface area contributed by atoms with Gasteiger partial charge in [-0.05, 0) is 22.9 Å². The van der Waals surface area contributed by atoms with Crippen LogP contribution >= 0.6 is 22.7 Å². The van der Waals surface area contributed by atoms with Crippen LogP contribution in [0, 0.1) is 0 Å². The van der Waals surface area contributed by atoms with Gasteiger partial charge in [-0.25, -0.2) is 0 Å². The predicted molar refractivity (Wildman–Crippen MR) is 71.6 cm³/mol. The van der Waals surface area contributed by atoms with Gasteiger partial charge in [-0.2, -0.15) is 0 Å². The van der Waals surface area contributed by atoms with Crippen LogP contribution in [0.1, 0.15) is 15.8 Å². The maximum atomic E-state index is 9.15. The van der Waals surface area contributed by atoms with E-state index in [2.05, 4.69) is 17.4 Å². The predicted octanol–water partition coefficient (Wildman–Crippen LogP) is 1.84. The fraction of sp³-hybridized carbons (Fsp3) is 0.333. The molecule has 0 saturated carbocycles. The van der Waals surface area contributed by atoms with Crippen molar-refractivity contribution < 1.29 is 10.2 Å². The van der Waals surface area contributed by atoms with Crippen LogP contribution in [0.15, 0.2) is 35.0 Å². The van der Waals surface area contributed by atoms with Crippen molar-refractivity contribution >= 4 is 22.7 Å². The van der Waals surface area contributed by atoms with Crippen molar-refractivity contribution in [1.29, 1.82) is 0 Å². The molecule has 0 atom stereocenters. The monoisotopic (exact) mass is 269 g/mol. The number of hydrogen-bond donors (Lipinski definition) is 3. The molecule has 0 aliphatic carbocycles. The van der Waals surface area contributed by atoms with Crippen molar-refractivity contribution in [3.8, 4) is 0 Å². The standard InChI is InChI=1S/C12H15NO2S2/c14-7-9(8-15)13-12(10-3-1-5-16-10)11-4-2-6-17-11/h1-6,9,12-15H,7-8H2. The molecule has 17 heavy (non-hydrogen) atoms. The van der Waals surface area contributed by atoms with E-state index in [1.54, 1.807) is 22.7 Å². The molecule has 0 fully saturated rings. The fourth-order valence-electron chi connectivity index (χ4n) is 1.61. The summed E-state index contributed by atoms with van der Waals surface area (Å²) in [5.41, 5.74) is 0. The molecule has 0 aliphatic rings. The van der Waals surface area contributed by atoms with Crippen LogP contribution in [-0.2, 0) is 0 Å². The second-order valence-corrected chi connectivity index (χ2v) is 5.65. The second kappa shape index (κ2) is 6.28. The molecule has 0 spiro atoms. The molecule has 0 aromatic carbocycles. The van der Waals surface area contributed by atoms with Gasteiger partial charge >= 0.3 is 0 Å². The molecule has 5 heteroatoms. The largest absolute Gasteiger partial charge is 0.395 e. The average molecular weight is 269 g/mol. The normalized spacial score (nSPS) is 11.5. The molecule has 0 unspecified atom stereocenters. The van der Waals surface area contributed by atoms with Gasteiger partial charge in [-0.3, -0.25) is 5.32 Å². The molecule has 3 nitrogen and oxygen atoms in total. The highest BCUT2D eigenvalue weighted by molar-refractivity contribution is 7.11. The van der Waals surface area contributed by atoms with Crippen molar-refractivity contribution in [3.63, 3.8) is 0 Å². The lowest BCUT2D eigenvalue weighted by atomic mass is 10.1. The highest BCUT2D eigenvalue weighted by atomic mass is 32.1. The molecule has 2 rings (SSSR count). The first-order chi connectivity index (χ1) is 8.35. The zero-order valence-corrected chi connectivity index (χ0v) is 10.9. The smallest absolute Gasteiger partial charge is 0.0768 e. The number of aliphatic hydroxyl groups excluding tert-OH is 2. The van der Waals surface area contributed by atoms with Gasteiger partial charge in [0.25, 0.3) is 0 Å². The van der Waals surface area contributed by atoms with E-state index in [9.17, 15) is 0 Å². The summed E-state index contributed by atoms with van der Waals surface area (Å²) in [5, 5.41) is 25.7. The van der Waals surface area contributed by atoms with Gasteiger partial charge in [0.2, 0.25) is 0 Å². The van der Waals surface area contributed by atoms with Gasteiger partial charge in [0.1, 0.15) is 0 Å². The Kier molecular flexibility index (Phi) is 4.70. The van der Waals surface area contributed by atoms with E-state index in [4.69, 9.17) is 10.2 Å². The molecular weight excluding hydrogens is 254 g/mol. The lowest BCUT2D eigenvalue weighted by Gasteiger charge is -2.21. The molecule has 0 amide bonds. The van der Waals surface area contributed by atoms with Crippen LogP contribution in [0.4, 0.5) is 0 Å². The van der Waals surface area contributed by atoms with E-state index in [1.165, 1.54) is 9.75 Å². The van der Waals surface area contributed by atoms with Gasteiger partial charge < -0.3 is 10.2 Å². The van der Waals surface area contributed by atoms with Gasteiger partial charge in [-0.1, -0.05) is 12.1 Å². The summed E-state index contributed by atoms with van der Waals surface area (Å²) in [6, 6.07) is 7.91. The van der Waals surface area contributed by atoms with Crippen molar-refractivity contribution in [2.24, 2.45) is 0 Å². The van der Waals surface area contributed by atoms with Crippen LogP contribution in [-0.4, -0.2) is 29.5 Å². The topological polar surface area (TPSA) is 52.5 Å². The zero-order chi connectivity index (χ0) is 12.1. The summed E-state index contributed by atoms with van der Waals surface area (Å²) in [5.74, 6) is 0. The summed E-state index contributed by atoms with van der Waals surface area (Å²) >= 11 is 3.35. The Balaban J connectivity index is 2.19. The molecule has 0 aliphatic heterocycles. The number of aliphatic hydroxyl groups is 2. The fourth-order valence-corrected chi connectivity index (χ4v) is 3.29. The second-order valence-electron chi connectivity index (χ2n) is 3.69. The Morgan fingerprint density at radius 2 is 1.53 bits per heavy atom. The molecule has 0 saturated heterocycles. The summed E-state index contributed by atoms with van der Waals surface area (Å²) in [7, 11) is 0. The molecule has 2 heterocycles. The van der Waals surface area contributed by atoms with Gasteiger partial charge in [0.05, 0.1) is 25.3 Å². The minimum Gasteiger partial charge on any atom is -0.395 e. The first-order valence-electron chi connectivity index (χ1n) is 5.39. The highest BCUT2D eigenvalue weighted by Crippen LogP contribution is 2.29. The third kappa shape index (κ3) is 3.14. The molecule has 0 bridgehead atoms. The number of rotatable bonds is 6. The highest BCUT2D eigenvalue weighted by Gasteiger charge is 2.19. The van der Waals surface area contributed by atoms with Crippen molar-refractivity contribution in [2.75, 3.05) is 13.2 Å². The number of thiophene rings is 2. The van der Waals surface area contributed by atoms with Crippen molar-refractivity contribution in [2.45, 2.75) is 12.1 Å². The first-order valence-corrected chi connectivity index (χ1v) is 7.15. The quantitative estimate of drug-likeness (QED) is 0.750. The van der Waals surface area contributed by atoms with Crippen molar-refractivity contribution in [1.82, 2.24) is 5.32 Å². The van der Waals surface area contributed by atoms with E-state index in [0.717, 1.165) is 0 Å². The SMILES string of the molecule is OCC(CO)NC(c1cccs1)c1cccs1. The van der Waals surface area contributed by atoms with Crippen LogP contribution in [0.3, 0.4) is 0 Å². The van der Waals surface area contributed by atoms with Crippen LogP contribution < -0.4 is 5.32 Å². The first kappa shape index (κ1) is 12.7. The maximum Gasteiger partial charge on any atom is 0.0768 e. The van der Waals surface area contributed by atoms with Crippen LogP contribution in [0.25, 0.3) is 0 Å². The Hall–Kier alpha value is -0.720. The Bertz CT molecular complexity index is 375. The Labute approximate surface area is 108 Å². The Morgan fingerprint density at radius 3 is 1.88 bits per heavy atom. The summed E-state index contributed by atoms with van der Waals surface area (Å²) < 4.78 is 0. The molecule has 3 N–H and O–H groups in total. The minimum absolute atomic E-state index is 0.0549. The summed E-state index contributed by atoms with van der Waals surface area (Å²) in [6.07, 6.45) is 0. The average Bonchev–Trinajstić information content (AvgIpc) is 3.03. The summed E-state index contributed by atoms with van der Waals surface area (Å²) in [4.78, 5) is 2.39. The number of hydrogen-bond acceptors (Lipinski definition) is 5. The summed E-state index contributed by atoms with van der Waals surface area (Å²) in [6.45, 7) is -0.131.